The lowest BCUT2D eigenvalue weighted by atomic mass is 9.97. The van der Waals surface area contributed by atoms with Crippen LogP contribution in [0.25, 0.3) is 49.7 Å². The van der Waals surface area contributed by atoms with Crippen molar-refractivity contribution in [2.75, 3.05) is 5.32 Å². The molecule has 0 bridgehead atoms. The zero-order valence-corrected chi connectivity index (χ0v) is 22.5. The number of nitrogens with zero attached hydrogens (tertiary/aromatic N) is 3. The summed E-state index contributed by atoms with van der Waals surface area (Å²) >= 11 is 0. The SMILES string of the molecule is Cc1ccccc1-c1ccccc1Nc1cc(C#N)cc(-n2c3ccccc3c3ccccc32)c1-c1ccncc1. The number of rotatable bonds is 5. The molecule has 7 aromatic rings. The monoisotopic (exact) mass is 526 g/mol. The molecule has 2 aromatic heterocycles. The number of benzene rings is 5. The van der Waals surface area contributed by atoms with Gasteiger partial charge in [-0.05, 0) is 66.1 Å². The van der Waals surface area contributed by atoms with Gasteiger partial charge in [0.2, 0.25) is 0 Å². The van der Waals surface area contributed by atoms with Crippen LogP contribution in [0, 0.1) is 18.3 Å². The fraction of sp³-hybridized carbons (Fsp3) is 0.0270. The third-order valence-corrected chi connectivity index (χ3v) is 7.67. The van der Waals surface area contributed by atoms with Crippen molar-refractivity contribution in [3.63, 3.8) is 0 Å². The van der Waals surface area contributed by atoms with Gasteiger partial charge in [-0.15, -0.1) is 0 Å². The first kappa shape index (κ1) is 24.4. The Morgan fingerprint density at radius 3 is 1.95 bits per heavy atom. The van der Waals surface area contributed by atoms with Crippen LogP contribution in [0.5, 0.6) is 0 Å². The van der Waals surface area contributed by atoms with E-state index in [4.69, 9.17) is 0 Å². The summed E-state index contributed by atoms with van der Waals surface area (Å²) in [6.45, 7) is 2.13. The number of anilines is 2. The van der Waals surface area contributed by atoms with Gasteiger partial charge < -0.3 is 9.88 Å². The van der Waals surface area contributed by atoms with E-state index in [1.54, 1.807) is 0 Å². The molecule has 4 heteroatoms. The molecule has 0 unspecified atom stereocenters. The second-order valence-electron chi connectivity index (χ2n) is 10.1. The molecule has 0 atom stereocenters. The molecule has 194 valence electrons. The number of hydrogen-bond donors (Lipinski definition) is 1. The standard InChI is InChI=1S/C37H26N4/c1-25-10-2-3-11-28(25)29-12-4-7-15-32(29)40-33-22-26(24-38)23-36(37(33)27-18-20-39-21-19-27)41-34-16-8-5-13-30(34)31-14-6-9-17-35(31)41/h2-23,40H,1H3. The van der Waals surface area contributed by atoms with Gasteiger partial charge in [0.1, 0.15) is 0 Å². The predicted molar refractivity (Wildman–Crippen MR) is 169 cm³/mol. The van der Waals surface area contributed by atoms with Crippen molar-refractivity contribution in [3.8, 4) is 34.0 Å². The van der Waals surface area contributed by atoms with Gasteiger partial charge in [-0.2, -0.15) is 5.26 Å². The molecule has 2 heterocycles. The van der Waals surface area contributed by atoms with Gasteiger partial charge in [0.25, 0.3) is 0 Å². The lowest BCUT2D eigenvalue weighted by molar-refractivity contribution is 1.18. The smallest absolute Gasteiger partial charge is 0.0993 e. The van der Waals surface area contributed by atoms with Crippen LogP contribution in [-0.2, 0) is 0 Å². The van der Waals surface area contributed by atoms with Crippen LogP contribution in [0.15, 0.2) is 134 Å². The van der Waals surface area contributed by atoms with E-state index < -0.39 is 0 Å². The number of hydrogen-bond acceptors (Lipinski definition) is 3. The average Bonchev–Trinajstić information content (AvgIpc) is 3.36. The number of nitrogens with one attached hydrogen (secondary N) is 1. The minimum Gasteiger partial charge on any atom is -0.354 e. The highest BCUT2D eigenvalue weighted by Crippen LogP contribution is 2.42. The Kier molecular flexibility index (Phi) is 6.03. The molecule has 0 aliphatic rings. The average molecular weight is 527 g/mol. The van der Waals surface area contributed by atoms with Crippen molar-refractivity contribution in [2.45, 2.75) is 6.92 Å². The van der Waals surface area contributed by atoms with E-state index in [9.17, 15) is 5.26 Å². The van der Waals surface area contributed by atoms with Gasteiger partial charge >= 0.3 is 0 Å². The van der Waals surface area contributed by atoms with E-state index in [0.717, 1.165) is 44.8 Å². The summed E-state index contributed by atoms with van der Waals surface area (Å²) in [6, 6.07) is 44.0. The van der Waals surface area contributed by atoms with Crippen LogP contribution >= 0.6 is 0 Å². The highest BCUT2D eigenvalue weighted by Gasteiger charge is 2.20. The van der Waals surface area contributed by atoms with Crippen molar-refractivity contribution in [1.82, 2.24) is 9.55 Å². The highest BCUT2D eigenvalue weighted by atomic mass is 15.0. The molecule has 0 aliphatic carbocycles. The minimum absolute atomic E-state index is 0.579. The van der Waals surface area contributed by atoms with Gasteiger partial charge in [-0.1, -0.05) is 78.9 Å². The van der Waals surface area contributed by atoms with Crippen molar-refractivity contribution in [1.29, 1.82) is 5.26 Å². The molecule has 7 rings (SSSR count). The third-order valence-electron chi connectivity index (χ3n) is 7.67. The molecule has 41 heavy (non-hydrogen) atoms. The lowest BCUT2D eigenvalue weighted by Crippen LogP contribution is -2.03. The Bertz CT molecular complexity index is 2050. The maximum Gasteiger partial charge on any atom is 0.0993 e. The summed E-state index contributed by atoms with van der Waals surface area (Å²) in [5.41, 5.74) is 11.0. The van der Waals surface area contributed by atoms with Crippen LogP contribution in [0.3, 0.4) is 0 Å². The van der Waals surface area contributed by atoms with E-state index >= 15 is 0 Å². The second-order valence-corrected chi connectivity index (χ2v) is 10.1. The van der Waals surface area contributed by atoms with Crippen LogP contribution < -0.4 is 5.32 Å². The molecule has 0 saturated heterocycles. The number of aryl methyl sites for hydroxylation is 1. The maximum atomic E-state index is 10.2. The van der Waals surface area contributed by atoms with E-state index in [1.807, 2.05) is 42.7 Å². The molecule has 1 N–H and O–H groups in total. The first-order valence-corrected chi connectivity index (χ1v) is 13.6. The Hall–Kier alpha value is -5.66. The fourth-order valence-electron chi connectivity index (χ4n) is 5.82. The summed E-state index contributed by atoms with van der Waals surface area (Å²) < 4.78 is 2.28. The molecule has 0 amide bonds. The fourth-order valence-corrected chi connectivity index (χ4v) is 5.82. The first-order chi connectivity index (χ1) is 20.2. The van der Waals surface area contributed by atoms with Crippen molar-refractivity contribution in [3.05, 3.63) is 145 Å². The highest BCUT2D eigenvalue weighted by molar-refractivity contribution is 6.10. The van der Waals surface area contributed by atoms with Gasteiger partial charge in [-0.25, -0.2) is 0 Å². The molecular weight excluding hydrogens is 500 g/mol. The van der Waals surface area contributed by atoms with Gasteiger partial charge in [-0.3, -0.25) is 4.98 Å². The van der Waals surface area contributed by atoms with E-state index in [2.05, 4.69) is 119 Å². The van der Waals surface area contributed by atoms with Crippen LogP contribution in [0.2, 0.25) is 0 Å². The summed E-state index contributed by atoms with van der Waals surface area (Å²) in [5.74, 6) is 0. The lowest BCUT2D eigenvalue weighted by Gasteiger charge is -2.21. The molecule has 0 radical (unpaired) electrons. The largest absolute Gasteiger partial charge is 0.354 e. The van der Waals surface area contributed by atoms with Crippen molar-refractivity contribution >= 4 is 33.2 Å². The van der Waals surface area contributed by atoms with Gasteiger partial charge in [0.05, 0.1) is 28.4 Å². The van der Waals surface area contributed by atoms with Gasteiger partial charge in [0.15, 0.2) is 0 Å². The number of nitriles is 1. The van der Waals surface area contributed by atoms with Crippen LogP contribution in [0.4, 0.5) is 11.4 Å². The predicted octanol–water partition coefficient (Wildman–Crippen LogP) is 9.44. The van der Waals surface area contributed by atoms with Gasteiger partial charge in [0, 0.05) is 45.7 Å². The Morgan fingerprint density at radius 1 is 0.659 bits per heavy atom. The molecular formula is C37H26N4. The first-order valence-electron chi connectivity index (χ1n) is 13.6. The van der Waals surface area contributed by atoms with Crippen LogP contribution in [-0.4, -0.2) is 9.55 Å². The third kappa shape index (κ3) is 4.21. The number of fused-ring (bicyclic) bond motifs is 3. The summed E-state index contributed by atoms with van der Waals surface area (Å²) in [7, 11) is 0. The van der Waals surface area contributed by atoms with Crippen molar-refractivity contribution in [2.24, 2.45) is 0 Å². The van der Waals surface area contributed by atoms with E-state index in [0.29, 0.717) is 5.56 Å². The topological polar surface area (TPSA) is 53.6 Å². The maximum absolute atomic E-state index is 10.2. The Balaban J connectivity index is 1.54. The molecule has 0 fully saturated rings. The summed E-state index contributed by atoms with van der Waals surface area (Å²) in [4.78, 5) is 4.29. The number of pyridine rings is 1. The number of aromatic nitrogens is 2. The molecule has 0 spiro atoms. The number of para-hydroxylation sites is 3. The van der Waals surface area contributed by atoms with Crippen molar-refractivity contribution < 1.29 is 0 Å². The van der Waals surface area contributed by atoms with Crippen LogP contribution in [0.1, 0.15) is 11.1 Å². The quantitative estimate of drug-likeness (QED) is 0.243. The molecule has 0 aliphatic heterocycles. The van der Waals surface area contributed by atoms with E-state index in [1.165, 1.54) is 21.9 Å². The Morgan fingerprint density at radius 2 is 1.27 bits per heavy atom. The molecule has 5 aromatic carbocycles. The zero-order chi connectivity index (χ0) is 27.8. The summed E-state index contributed by atoms with van der Waals surface area (Å²) in [6.07, 6.45) is 3.63. The minimum atomic E-state index is 0.579. The summed E-state index contributed by atoms with van der Waals surface area (Å²) in [5, 5.41) is 16.3. The Labute approximate surface area is 238 Å². The molecule has 0 saturated carbocycles. The zero-order valence-electron chi connectivity index (χ0n) is 22.5. The normalized spacial score (nSPS) is 11.0. The van der Waals surface area contributed by atoms with E-state index in [-0.39, 0.29) is 0 Å². The molecule has 4 nitrogen and oxygen atoms in total. The second kappa shape index (κ2) is 10.1.